The zero-order chi connectivity index (χ0) is 17.1. The van der Waals surface area contributed by atoms with E-state index in [-0.39, 0.29) is 12.5 Å². The van der Waals surface area contributed by atoms with Crippen molar-refractivity contribution in [2.45, 2.75) is 45.8 Å². The van der Waals surface area contributed by atoms with Crippen LogP contribution in [0.5, 0.6) is 0 Å². The minimum absolute atomic E-state index is 0.185. The molecule has 0 heterocycles. The Bertz CT molecular complexity index is 429. The highest BCUT2D eigenvalue weighted by molar-refractivity contribution is 5.88. The van der Waals surface area contributed by atoms with Crippen LogP contribution in [-0.2, 0) is 14.4 Å². The largest absolute Gasteiger partial charge is 0.479 e. The molecule has 0 bridgehead atoms. The lowest BCUT2D eigenvalue weighted by molar-refractivity contribution is -0.207. The monoisotopic (exact) mass is 312 g/mol. The van der Waals surface area contributed by atoms with Gasteiger partial charge in [0.15, 0.2) is 0 Å². The van der Waals surface area contributed by atoms with Crippen molar-refractivity contribution in [3.8, 4) is 0 Å². The molecular weight excluding hydrogens is 293 g/mol. The van der Waals surface area contributed by atoms with Gasteiger partial charge in [0.2, 0.25) is 17.4 Å². The van der Waals surface area contributed by atoms with Crippen LogP contribution in [0.1, 0.15) is 34.1 Å². The first-order chi connectivity index (χ1) is 9.22. The molecule has 0 fully saturated rings. The van der Waals surface area contributed by atoms with Gasteiger partial charge in [-0.1, -0.05) is 20.8 Å². The Morgan fingerprint density at radius 3 is 1.86 bits per heavy atom. The van der Waals surface area contributed by atoms with Gasteiger partial charge in [0.05, 0.1) is 0 Å². The third-order valence-corrected chi connectivity index (χ3v) is 2.70. The number of amides is 2. The molecule has 3 N–H and O–H groups in total. The van der Waals surface area contributed by atoms with Crippen molar-refractivity contribution in [3.05, 3.63) is 0 Å². The van der Waals surface area contributed by atoms with E-state index in [4.69, 9.17) is 5.11 Å². The first-order valence-electron chi connectivity index (χ1n) is 6.11. The number of rotatable bonds is 5. The van der Waals surface area contributed by atoms with Gasteiger partial charge >= 0.3 is 12.1 Å². The molecule has 0 aliphatic carbocycles. The quantitative estimate of drug-likeness (QED) is 0.707. The van der Waals surface area contributed by atoms with E-state index in [1.54, 1.807) is 20.8 Å². The topological polar surface area (TPSA) is 95.5 Å². The smallest absolute Gasteiger partial charge is 0.422 e. The van der Waals surface area contributed by atoms with Crippen molar-refractivity contribution in [1.82, 2.24) is 10.6 Å². The molecule has 6 nitrogen and oxygen atoms in total. The number of carbonyl (C=O) groups excluding carboxylic acids is 2. The van der Waals surface area contributed by atoms with Crippen molar-refractivity contribution < 1.29 is 32.7 Å². The maximum Gasteiger partial charge on any atom is 0.422 e. The summed E-state index contributed by atoms with van der Waals surface area (Å²) < 4.78 is 38.0. The lowest BCUT2D eigenvalue weighted by atomic mass is 9.96. The molecule has 1 unspecified atom stereocenters. The SMILES string of the molecule is CC(C)(C)C(=O)NCCC(=O)NC(C)(C(=O)O)C(F)(F)F. The van der Waals surface area contributed by atoms with Crippen LogP contribution < -0.4 is 10.6 Å². The number of carbonyl (C=O) groups is 3. The van der Waals surface area contributed by atoms with E-state index >= 15 is 0 Å². The first-order valence-corrected chi connectivity index (χ1v) is 6.11. The molecular formula is C12H19F3N2O4. The summed E-state index contributed by atoms with van der Waals surface area (Å²) in [6, 6.07) is 0. The molecule has 0 aromatic rings. The summed E-state index contributed by atoms with van der Waals surface area (Å²) in [5.74, 6) is -3.69. The molecule has 2 amide bonds. The minimum Gasteiger partial charge on any atom is -0.479 e. The summed E-state index contributed by atoms with van der Waals surface area (Å²) in [4.78, 5) is 33.6. The summed E-state index contributed by atoms with van der Waals surface area (Å²) in [7, 11) is 0. The fraction of sp³-hybridized carbons (Fsp3) is 0.750. The van der Waals surface area contributed by atoms with Crippen LogP contribution >= 0.6 is 0 Å². The predicted molar refractivity (Wildman–Crippen MR) is 67.3 cm³/mol. The van der Waals surface area contributed by atoms with E-state index in [9.17, 15) is 27.6 Å². The molecule has 0 aromatic heterocycles. The van der Waals surface area contributed by atoms with E-state index < -0.39 is 35.4 Å². The van der Waals surface area contributed by atoms with E-state index in [0.717, 1.165) is 0 Å². The molecule has 1 atom stereocenters. The summed E-state index contributed by atoms with van der Waals surface area (Å²) in [6.07, 6.45) is -5.59. The summed E-state index contributed by atoms with van der Waals surface area (Å²) in [5.41, 5.74) is -4.06. The molecule has 0 spiro atoms. The molecule has 0 saturated heterocycles. The van der Waals surface area contributed by atoms with Crippen LogP contribution in [-0.4, -0.2) is 41.2 Å². The average Bonchev–Trinajstić information content (AvgIpc) is 2.25. The maximum atomic E-state index is 12.7. The molecule has 0 radical (unpaired) electrons. The second kappa shape index (κ2) is 6.31. The molecule has 9 heteroatoms. The van der Waals surface area contributed by atoms with Crippen LogP contribution in [0.2, 0.25) is 0 Å². The van der Waals surface area contributed by atoms with Gasteiger partial charge in [-0.3, -0.25) is 9.59 Å². The summed E-state index contributed by atoms with van der Waals surface area (Å²) >= 11 is 0. The average molecular weight is 312 g/mol. The third-order valence-electron chi connectivity index (χ3n) is 2.70. The zero-order valence-electron chi connectivity index (χ0n) is 12.2. The molecule has 122 valence electrons. The lowest BCUT2D eigenvalue weighted by Crippen LogP contribution is -2.62. The van der Waals surface area contributed by atoms with E-state index in [1.807, 2.05) is 0 Å². The number of alkyl halides is 3. The molecule has 0 rings (SSSR count). The van der Waals surface area contributed by atoms with Crippen LogP contribution in [0, 0.1) is 5.41 Å². The highest BCUT2D eigenvalue weighted by Crippen LogP contribution is 2.30. The van der Waals surface area contributed by atoms with Gasteiger partial charge in [0.1, 0.15) is 0 Å². The van der Waals surface area contributed by atoms with Crippen molar-refractivity contribution >= 4 is 17.8 Å². The lowest BCUT2D eigenvalue weighted by Gasteiger charge is -2.28. The zero-order valence-corrected chi connectivity index (χ0v) is 12.2. The second-order valence-corrected chi connectivity index (χ2v) is 5.73. The van der Waals surface area contributed by atoms with E-state index in [0.29, 0.717) is 6.92 Å². The van der Waals surface area contributed by atoms with Gasteiger partial charge in [-0.15, -0.1) is 0 Å². The van der Waals surface area contributed by atoms with E-state index in [2.05, 4.69) is 5.32 Å². The highest BCUT2D eigenvalue weighted by atomic mass is 19.4. The predicted octanol–water partition coefficient (Wildman–Crippen LogP) is 1.06. The van der Waals surface area contributed by atoms with Gasteiger partial charge in [0, 0.05) is 18.4 Å². The number of hydrogen-bond acceptors (Lipinski definition) is 3. The Labute approximate surface area is 120 Å². The number of nitrogens with one attached hydrogen (secondary N) is 2. The number of hydrogen-bond donors (Lipinski definition) is 3. The molecule has 0 aliphatic rings. The minimum atomic E-state index is -5.14. The van der Waals surface area contributed by atoms with Crippen molar-refractivity contribution in [2.75, 3.05) is 6.54 Å². The number of halogens is 3. The van der Waals surface area contributed by atoms with Gasteiger partial charge in [-0.05, 0) is 6.92 Å². The Balaban J connectivity index is 4.57. The number of carboxylic acid groups (broad SMARTS) is 1. The van der Waals surface area contributed by atoms with Gasteiger partial charge in [-0.2, -0.15) is 13.2 Å². The Morgan fingerprint density at radius 2 is 1.52 bits per heavy atom. The fourth-order valence-corrected chi connectivity index (χ4v) is 1.14. The highest BCUT2D eigenvalue weighted by Gasteiger charge is 2.58. The van der Waals surface area contributed by atoms with E-state index in [1.165, 1.54) is 5.32 Å². The molecule has 0 aliphatic heterocycles. The molecule has 0 saturated carbocycles. The molecule has 0 aromatic carbocycles. The summed E-state index contributed by atoms with van der Waals surface area (Å²) in [5, 5.41) is 12.4. The van der Waals surface area contributed by atoms with Gasteiger partial charge in [0.25, 0.3) is 0 Å². The van der Waals surface area contributed by atoms with Crippen LogP contribution in [0.25, 0.3) is 0 Å². The standard InChI is InChI=1S/C12H19F3N2O4/c1-10(2,3)8(19)16-6-5-7(18)17-11(4,9(20)21)12(13,14)15/h5-6H2,1-4H3,(H,16,19)(H,17,18)(H,20,21). The third kappa shape index (κ3) is 5.24. The van der Waals surface area contributed by atoms with Crippen LogP contribution in [0.3, 0.4) is 0 Å². The Morgan fingerprint density at radius 1 is 1.05 bits per heavy atom. The Hall–Kier alpha value is -1.80. The summed E-state index contributed by atoms with van der Waals surface area (Å²) in [6.45, 7) is 5.07. The van der Waals surface area contributed by atoms with Gasteiger partial charge < -0.3 is 15.7 Å². The van der Waals surface area contributed by atoms with Crippen LogP contribution in [0.4, 0.5) is 13.2 Å². The fourth-order valence-electron chi connectivity index (χ4n) is 1.14. The normalized spacial score (nSPS) is 15.0. The van der Waals surface area contributed by atoms with Crippen molar-refractivity contribution in [2.24, 2.45) is 5.41 Å². The second-order valence-electron chi connectivity index (χ2n) is 5.73. The maximum absolute atomic E-state index is 12.7. The Kier molecular flexibility index (Phi) is 5.77. The van der Waals surface area contributed by atoms with Crippen molar-refractivity contribution in [1.29, 1.82) is 0 Å². The van der Waals surface area contributed by atoms with Crippen molar-refractivity contribution in [3.63, 3.8) is 0 Å². The number of aliphatic carboxylic acids is 1. The first kappa shape index (κ1) is 19.2. The van der Waals surface area contributed by atoms with Gasteiger partial charge in [-0.25, -0.2) is 4.79 Å². The number of carboxylic acids is 1. The van der Waals surface area contributed by atoms with Crippen LogP contribution in [0.15, 0.2) is 0 Å². The molecule has 21 heavy (non-hydrogen) atoms.